The molecule has 164 valence electrons. The molecule has 0 saturated carbocycles. The molecule has 32 heavy (non-hydrogen) atoms. The molecule has 3 aromatic rings. The lowest BCUT2D eigenvalue weighted by Gasteiger charge is -2.10. The number of nitrogens with one attached hydrogen (secondary N) is 1. The lowest BCUT2D eigenvalue weighted by molar-refractivity contribution is -0.393. The smallest absolute Gasteiger partial charge is 0.271 e. The Morgan fingerprint density at radius 2 is 1.59 bits per heavy atom. The van der Waals surface area contributed by atoms with E-state index in [1.165, 1.54) is 12.1 Å². The average molecular weight is 454 g/mol. The topological polar surface area (TPSA) is 145 Å². The van der Waals surface area contributed by atoms with Gasteiger partial charge in [-0.1, -0.05) is 48.0 Å². The Labute approximate surface area is 183 Å². The van der Waals surface area contributed by atoms with Gasteiger partial charge in [-0.25, -0.2) is 8.42 Å². The van der Waals surface area contributed by atoms with Gasteiger partial charge >= 0.3 is 5.69 Å². The molecule has 0 unspecified atom stereocenters. The first-order valence-corrected chi connectivity index (χ1v) is 10.9. The molecule has 11 heteroatoms. The van der Waals surface area contributed by atoms with Crippen molar-refractivity contribution in [2.75, 3.05) is 11.2 Å². The van der Waals surface area contributed by atoms with E-state index in [4.69, 9.17) is 0 Å². The molecule has 0 spiro atoms. The van der Waals surface area contributed by atoms with Crippen LogP contribution in [0.3, 0.4) is 0 Å². The maximum atomic E-state index is 12.9. The van der Waals surface area contributed by atoms with Crippen LogP contribution in [0.5, 0.6) is 0 Å². The largest absolute Gasteiger partial charge is 0.301 e. The average Bonchev–Trinajstić information content (AvgIpc) is 2.77. The molecule has 1 N–H and O–H groups in total. The third kappa shape index (κ3) is 5.32. The summed E-state index contributed by atoms with van der Waals surface area (Å²) < 4.78 is 25.9. The Kier molecular flexibility index (Phi) is 6.59. The minimum Gasteiger partial charge on any atom is -0.271 e. The van der Waals surface area contributed by atoms with Gasteiger partial charge in [-0.15, -0.1) is 0 Å². The van der Waals surface area contributed by atoms with Crippen molar-refractivity contribution in [1.82, 2.24) is 0 Å². The minimum absolute atomic E-state index is 0.109. The van der Waals surface area contributed by atoms with E-state index in [9.17, 15) is 28.6 Å². The number of benzene rings is 3. The number of rotatable bonds is 8. The number of aryl methyl sites for hydroxylation is 1. The highest BCUT2D eigenvalue weighted by molar-refractivity contribution is 7.92. The van der Waals surface area contributed by atoms with Gasteiger partial charge < -0.3 is 0 Å². The Morgan fingerprint density at radius 3 is 2.19 bits per heavy atom. The van der Waals surface area contributed by atoms with Crippen LogP contribution in [0.15, 0.2) is 82.8 Å². The zero-order chi connectivity index (χ0) is 23.3. The van der Waals surface area contributed by atoms with Gasteiger partial charge in [-0.3, -0.25) is 25.7 Å². The molecule has 0 aliphatic heterocycles. The molecule has 3 aromatic carbocycles. The highest BCUT2D eigenvalue weighted by Crippen LogP contribution is 2.29. The fourth-order valence-electron chi connectivity index (χ4n) is 2.83. The number of nitro groups is 2. The molecule has 0 radical (unpaired) electrons. The molecule has 0 heterocycles. The van der Waals surface area contributed by atoms with Crippen LogP contribution in [0.1, 0.15) is 11.1 Å². The van der Waals surface area contributed by atoms with Gasteiger partial charge in [-0.05, 0) is 30.7 Å². The molecule has 0 amide bonds. The number of nitrogens with zero attached hydrogens (tertiary/aromatic N) is 3. The zero-order valence-corrected chi connectivity index (χ0v) is 17.7. The number of sulfone groups is 1. The van der Waals surface area contributed by atoms with E-state index in [1.54, 1.807) is 42.5 Å². The first-order valence-electron chi connectivity index (χ1n) is 9.27. The standard InChI is InChI=1S/C21H18N4O6S/c1-15-7-10-18(11-8-15)32(30,31)14-20(16-5-3-2-4-6-16)23-22-19-12-9-17(24(26)27)13-21(19)25(28)29/h2-13,22H,14H2,1H3/b23-20-. The van der Waals surface area contributed by atoms with Crippen molar-refractivity contribution in [3.05, 3.63) is 104 Å². The number of hydrogen-bond donors (Lipinski definition) is 1. The number of nitro benzene ring substituents is 2. The molecule has 3 rings (SSSR count). The summed E-state index contributed by atoms with van der Waals surface area (Å²) in [6, 6.07) is 17.9. The van der Waals surface area contributed by atoms with E-state index >= 15 is 0 Å². The second-order valence-electron chi connectivity index (χ2n) is 6.82. The lowest BCUT2D eigenvalue weighted by Crippen LogP contribution is -2.19. The summed E-state index contributed by atoms with van der Waals surface area (Å²) in [5.74, 6) is -0.464. The summed E-state index contributed by atoms with van der Waals surface area (Å²) in [7, 11) is -3.77. The molecule has 10 nitrogen and oxygen atoms in total. The van der Waals surface area contributed by atoms with Gasteiger partial charge in [0.05, 0.1) is 32.3 Å². The van der Waals surface area contributed by atoms with E-state index in [0.29, 0.717) is 5.56 Å². The van der Waals surface area contributed by atoms with Crippen molar-refractivity contribution in [3.8, 4) is 0 Å². The summed E-state index contributed by atoms with van der Waals surface area (Å²) in [6.45, 7) is 1.84. The van der Waals surface area contributed by atoms with E-state index in [-0.39, 0.29) is 16.3 Å². The van der Waals surface area contributed by atoms with Gasteiger partial charge in [-0.2, -0.15) is 5.10 Å². The Hall–Kier alpha value is -4.12. The molecule has 0 aliphatic rings. The zero-order valence-electron chi connectivity index (χ0n) is 16.8. The Morgan fingerprint density at radius 1 is 0.938 bits per heavy atom. The number of non-ortho nitro benzene ring substituents is 1. The fourth-order valence-corrected chi connectivity index (χ4v) is 4.14. The van der Waals surface area contributed by atoms with E-state index in [2.05, 4.69) is 10.5 Å². The van der Waals surface area contributed by atoms with E-state index in [1.807, 2.05) is 6.92 Å². The van der Waals surface area contributed by atoms with E-state index < -0.39 is 36.8 Å². The van der Waals surface area contributed by atoms with Gasteiger partial charge in [0.25, 0.3) is 5.69 Å². The maximum absolute atomic E-state index is 12.9. The SMILES string of the molecule is Cc1ccc(S(=O)(=O)C/C(=N/Nc2ccc([N+](=O)[O-])cc2[N+](=O)[O-])c2ccccc2)cc1. The fraction of sp³-hybridized carbons (Fsp3) is 0.0952. The van der Waals surface area contributed by atoms with Crippen LogP contribution in [0.25, 0.3) is 0 Å². The third-order valence-electron chi connectivity index (χ3n) is 4.51. The maximum Gasteiger partial charge on any atom is 0.301 e. The summed E-state index contributed by atoms with van der Waals surface area (Å²) in [5.41, 5.74) is 2.92. The van der Waals surface area contributed by atoms with Crippen molar-refractivity contribution in [2.45, 2.75) is 11.8 Å². The van der Waals surface area contributed by atoms with E-state index in [0.717, 1.165) is 23.8 Å². The van der Waals surface area contributed by atoms with Crippen molar-refractivity contribution in [3.63, 3.8) is 0 Å². The Bertz CT molecular complexity index is 1290. The third-order valence-corrected chi connectivity index (χ3v) is 6.16. The molecular weight excluding hydrogens is 436 g/mol. The van der Waals surface area contributed by atoms with Gasteiger partial charge in [0.2, 0.25) is 0 Å². The van der Waals surface area contributed by atoms with Crippen molar-refractivity contribution in [1.29, 1.82) is 0 Å². The first-order chi connectivity index (χ1) is 15.2. The number of hydrazone groups is 1. The normalized spacial score (nSPS) is 11.7. The van der Waals surface area contributed by atoms with Crippen molar-refractivity contribution in [2.24, 2.45) is 5.10 Å². The second kappa shape index (κ2) is 9.35. The van der Waals surface area contributed by atoms with Gasteiger partial charge in [0, 0.05) is 6.07 Å². The molecule has 0 fully saturated rings. The van der Waals surface area contributed by atoms with Crippen LogP contribution in [0.2, 0.25) is 0 Å². The van der Waals surface area contributed by atoms with Crippen LogP contribution in [-0.2, 0) is 9.84 Å². The van der Waals surface area contributed by atoms with Crippen molar-refractivity contribution < 1.29 is 18.3 Å². The van der Waals surface area contributed by atoms with Crippen LogP contribution in [0, 0.1) is 27.2 Å². The number of anilines is 1. The van der Waals surface area contributed by atoms with Crippen LogP contribution in [-0.4, -0.2) is 29.7 Å². The summed E-state index contributed by atoms with van der Waals surface area (Å²) in [5, 5.41) is 26.4. The first kappa shape index (κ1) is 22.6. The minimum atomic E-state index is -3.77. The quantitative estimate of drug-likeness (QED) is 0.306. The van der Waals surface area contributed by atoms with Gasteiger partial charge in [0.1, 0.15) is 5.69 Å². The summed E-state index contributed by atoms with van der Waals surface area (Å²) in [6.07, 6.45) is 0. The summed E-state index contributed by atoms with van der Waals surface area (Å²) in [4.78, 5) is 20.9. The van der Waals surface area contributed by atoms with Crippen LogP contribution in [0.4, 0.5) is 17.1 Å². The molecule has 0 aromatic heterocycles. The lowest BCUT2D eigenvalue weighted by atomic mass is 10.1. The highest BCUT2D eigenvalue weighted by Gasteiger charge is 2.22. The predicted octanol–water partition coefficient (Wildman–Crippen LogP) is 4.10. The van der Waals surface area contributed by atoms with Crippen LogP contribution >= 0.6 is 0 Å². The predicted molar refractivity (Wildman–Crippen MR) is 120 cm³/mol. The summed E-state index contributed by atoms with van der Waals surface area (Å²) >= 11 is 0. The van der Waals surface area contributed by atoms with Crippen LogP contribution < -0.4 is 5.43 Å². The van der Waals surface area contributed by atoms with Crippen molar-refractivity contribution >= 4 is 32.6 Å². The highest BCUT2D eigenvalue weighted by atomic mass is 32.2. The molecule has 0 bridgehead atoms. The molecule has 0 atom stereocenters. The molecular formula is C21H18N4O6S. The monoisotopic (exact) mass is 454 g/mol. The second-order valence-corrected chi connectivity index (χ2v) is 8.81. The molecule has 0 aliphatic carbocycles. The number of hydrogen-bond acceptors (Lipinski definition) is 8. The van der Waals surface area contributed by atoms with Gasteiger partial charge in [0.15, 0.2) is 9.84 Å². The Balaban J connectivity index is 2.00. The molecule has 0 saturated heterocycles.